The van der Waals surface area contributed by atoms with E-state index in [0.29, 0.717) is 0 Å². The van der Waals surface area contributed by atoms with Crippen molar-refractivity contribution in [1.82, 2.24) is 0 Å². The zero-order valence-electron chi connectivity index (χ0n) is 7.34. The molecule has 0 heterocycles. The molecule has 1 atom stereocenters. The number of aryl methyl sites for hydroxylation is 1. The van der Waals surface area contributed by atoms with E-state index < -0.39 is 0 Å². The number of aliphatic hydroxyl groups is 1. The van der Waals surface area contributed by atoms with Crippen molar-refractivity contribution < 1.29 is 5.11 Å². The standard InChI is InChI=1S/C10H13BrO/c1-3-9(12)8-6-4-5-7(2)10(8)11/h4-6,9,12H,3H2,1-2H3/t9-/m0/s1. The highest BCUT2D eigenvalue weighted by Crippen LogP contribution is 2.27. The van der Waals surface area contributed by atoms with Crippen LogP contribution in [0.2, 0.25) is 0 Å². The molecule has 0 aromatic heterocycles. The molecule has 0 fully saturated rings. The van der Waals surface area contributed by atoms with E-state index in [2.05, 4.69) is 15.9 Å². The van der Waals surface area contributed by atoms with Gasteiger partial charge in [-0.05, 0) is 24.5 Å². The number of benzene rings is 1. The number of hydrogen-bond donors (Lipinski definition) is 1. The second-order valence-corrected chi connectivity index (χ2v) is 3.70. The van der Waals surface area contributed by atoms with Crippen LogP contribution in [0.3, 0.4) is 0 Å². The minimum atomic E-state index is -0.348. The fourth-order valence-electron chi connectivity index (χ4n) is 1.15. The fraction of sp³-hybridized carbons (Fsp3) is 0.400. The number of aliphatic hydroxyl groups excluding tert-OH is 1. The van der Waals surface area contributed by atoms with Gasteiger partial charge < -0.3 is 5.11 Å². The highest BCUT2D eigenvalue weighted by Gasteiger charge is 2.09. The number of halogens is 1. The third-order valence-electron chi connectivity index (χ3n) is 1.97. The molecule has 12 heavy (non-hydrogen) atoms. The summed E-state index contributed by atoms with van der Waals surface area (Å²) >= 11 is 3.46. The maximum absolute atomic E-state index is 9.60. The maximum Gasteiger partial charge on any atom is 0.0798 e. The van der Waals surface area contributed by atoms with E-state index >= 15 is 0 Å². The second-order valence-electron chi connectivity index (χ2n) is 2.90. The van der Waals surface area contributed by atoms with E-state index in [1.807, 2.05) is 32.0 Å². The van der Waals surface area contributed by atoms with Crippen molar-refractivity contribution in [2.24, 2.45) is 0 Å². The first-order valence-electron chi connectivity index (χ1n) is 4.10. The molecule has 0 bridgehead atoms. The van der Waals surface area contributed by atoms with Crippen molar-refractivity contribution in [3.63, 3.8) is 0 Å². The summed E-state index contributed by atoms with van der Waals surface area (Å²) in [4.78, 5) is 0. The molecule has 0 unspecified atom stereocenters. The van der Waals surface area contributed by atoms with Crippen LogP contribution in [0.4, 0.5) is 0 Å². The maximum atomic E-state index is 9.60. The van der Waals surface area contributed by atoms with Gasteiger partial charge in [0, 0.05) is 4.47 Å². The molecule has 1 N–H and O–H groups in total. The Balaban J connectivity index is 3.07. The van der Waals surface area contributed by atoms with E-state index in [9.17, 15) is 5.11 Å². The van der Waals surface area contributed by atoms with Crippen LogP contribution in [0.25, 0.3) is 0 Å². The van der Waals surface area contributed by atoms with Crippen LogP contribution in [0, 0.1) is 6.92 Å². The van der Waals surface area contributed by atoms with Crippen LogP contribution in [0.5, 0.6) is 0 Å². The fourth-order valence-corrected chi connectivity index (χ4v) is 1.68. The van der Waals surface area contributed by atoms with Crippen molar-refractivity contribution >= 4 is 15.9 Å². The van der Waals surface area contributed by atoms with Gasteiger partial charge in [-0.25, -0.2) is 0 Å². The Hall–Kier alpha value is -0.340. The molecule has 0 aliphatic heterocycles. The summed E-state index contributed by atoms with van der Waals surface area (Å²) in [6.45, 7) is 4.00. The minimum absolute atomic E-state index is 0.348. The van der Waals surface area contributed by atoms with Gasteiger partial charge in [0.05, 0.1) is 6.10 Å². The molecule has 0 saturated heterocycles. The molecule has 66 valence electrons. The van der Waals surface area contributed by atoms with Gasteiger partial charge in [-0.2, -0.15) is 0 Å². The summed E-state index contributed by atoms with van der Waals surface area (Å²) in [7, 11) is 0. The van der Waals surface area contributed by atoms with Crippen LogP contribution in [0.15, 0.2) is 22.7 Å². The van der Waals surface area contributed by atoms with Gasteiger partial charge >= 0.3 is 0 Å². The summed E-state index contributed by atoms with van der Waals surface area (Å²) in [5.74, 6) is 0. The Kier molecular flexibility index (Phi) is 3.29. The Morgan fingerprint density at radius 1 is 1.50 bits per heavy atom. The zero-order valence-corrected chi connectivity index (χ0v) is 8.93. The highest BCUT2D eigenvalue weighted by molar-refractivity contribution is 9.10. The average molecular weight is 229 g/mol. The molecule has 0 aliphatic carbocycles. The van der Waals surface area contributed by atoms with Crippen molar-refractivity contribution in [3.8, 4) is 0 Å². The summed E-state index contributed by atoms with van der Waals surface area (Å²) in [5.41, 5.74) is 2.15. The van der Waals surface area contributed by atoms with Crippen molar-refractivity contribution in [1.29, 1.82) is 0 Å². The normalized spacial score (nSPS) is 13.0. The van der Waals surface area contributed by atoms with Gasteiger partial charge in [0.1, 0.15) is 0 Å². The lowest BCUT2D eigenvalue weighted by atomic mass is 10.1. The van der Waals surface area contributed by atoms with Crippen molar-refractivity contribution in [2.45, 2.75) is 26.4 Å². The first kappa shape index (κ1) is 9.75. The van der Waals surface area contributed by atoms with Crippen LogP contribution in [-0.2, 0) is 0 Å². The van der Waals surface area contributed by atoms with Gasteiger partial charge in [-0.1, -0.05) is 41.1 Å². The molecule has 1 aromatic carbocycles. The third kappa shape index (κ3) is 1.87. The van der Waals surface area contributed by atoms with Crippen LogP contribution >= 0.6 is 15.9 Å². The zero-order chi connectivity index (χ0) is 9.14. The highest BCUT2D eigenvalue weighted by atomic mass is 79.9. The number of hydrogen-bond acceptors (Lipinski definition) is 1. The topological polar surface area (TPSA) is 20.2 Å². The molecule has 0 saturated carbocycles. The molecule has 1 nitrogen and oxygen atoms in total. The van der Waals surface area contributed by atoms with Crippen molar-refractivity contribution in [3.05, 3.63) is 33.8 Å². The van der Waals surface area contributed by atoms with E-state index in [1.54, 1.807) is 0 Å². The molecule has 1 rings (SSSR count). The molecular weight excluding hydrogens is 216 g/mol. The molecular formula is C10H13BrO. The summed E-state index contributed by atoms with van der Waals surface area (Å²) < 4.78 is 1.03. The second kappa shape index (κ2) is 4.06. The Morgan fingerprint density at radius 2 is 2.17 bits per heavy atom. The molecule has 2 heteroatoms. The Labute approximate surface area is 81.6 Å². The average Bonchev–Trinajstić information content (AvgIpc) is 2.08. The SMILES string of the molecule is CC[C@H](O)c1cccc(C)c1Br. The van der Waals surface area contributed by atoms with E-state index in [1.165, 1.54) is 5.56 Å². The first-order valence-corrected chi connectivity index (χ1v) is 4.89. The lowest BCUT2D eigenvalue weighted by Crippen LogP contribution is -1.97. The third-order valence-corrected chi connectivity index (χ3v) is 3.05. The molecule has 0 amide bonds. The molecule has 0 spiro atoms. The van der Waals surface area contributed by atoms with Gasteiger partial charge in [-0.15, -0.1) is 0 Å². The van der Waals surface area contributed by atoms with E-state index in [-0.39, 0.29) is 6.10 Å². The lowest BCUT2D eigenvalue weighted by Gasteiger charge is -2.11. The smallest absolute Gasteiger partial charge is 0.0798 e. The van der Waals surface area contributed by atoms with Crippen LogP contribution in [0.1, 0.15) is 30.6 Å². The largest absolute Gasteiger partial charge is 0.388 e. The summed E-state index contributed by atoms with van der Waals surface area (Å²) in [6, 6.07) is 5.94. The quantitative estimate of drug-likeness (QED) is 0.825. The lowest BCUT2D eigenvalue weighted by molar-refractivity contribution is 0.173. The summed E-state index contributed by atoms with van der Waals surface area (Å²) in [6.07, 6.45) is 0.404. The van der Waals surface area contributed by atoms with Crippen LogP contribution < -0.4 is 0 Å². The van der Waals surface area contributed by atoms with Crippen molar-refractivity contribution in [2.75, 3.05) is 0 Å². The molecule has 1 aromatic rings. The predicted molar refractivity (Wildman–Crippen MR) is 54.1 cm³/mol. The number of rotatable bonds is 2. The Bertz CT molecular complexity index is 271. The first-order chi connectivity index (χ1) is 5.66. The van der Waals surface area contributed by atoms with Gasteiger partial charge in [0.15, 0.2) is 0 Å². The minimum Gasteiger partial charge on any atom is -0.388 e. The van der Waals surface area contributed by atoms with Crippen LogP contribution in [-0.4, -0.2) is 5.11 Å². The Morgan fingerprint density at radius 3 is 2.75 bits per heavy atom. The molecule has 0 aliphatic rings. The van der Waals surface area contributed by atoms with E-state index in [0.717, 1.165) is 16.5 Å². The van der Waals surface area contributed by atoms with Gasteiger partial charge in [0.2, 0.25) is 0 Å². The predicted octanol–water partition coefficient (Wildman–Crippen LogP) is 3.20. The van der Waals surface area contributed by atoms with Gasteiger partial charge in [-0.3, -0.25) is 0 Å². The van der Waals surface area contributed by atoms with E-state index in [4.69, 9.17) is 0 Å². The summed E-state index contributed by atoms with van der Waals surface area (Å²) in [5, 5.41) is 9.60. The monoisotopic (exact) mass is 228 g/mol. The van der Waals surface area contributed by atoms with Gasteiger partial charge in [0.25, 0.3) is 0 Å². The molecule has 0 radical (unpaired) electrons.